The normalized spacial score (nSPS) is 10.5. The molecule has 0 aliphatic heterocycles. The van der Waals surface area contributed by atoms with Gasteiger partial charge in [-0.25, -0.2) is 4.98 Å². The van der Waals surface area contributed by atoms with E-state index in [-0.39, 0.29) is 0 Å². The first-order chi connectivity index (χ1) is 8.83. The topological polar surface area (TPSA) is 35.0 Å². The SMILES string of the molecule is Brc1cccc(Oc2cccc3ncccc23)n1. The summed E-state index contributed by atoms with van der Waals surface area (Å²) in [6.45, 7) is 0. The van der Waals surface area contributed by atoms with Crippen LogP contribution in [0.25, 0.3) is 10.9 Å². The van der Waals surface area contributed by atoms with Crippen LogP contribution >= 0.6 is 15.9 Å². The molecule has 0 fully saturated rings. The van der Waals surface area contributed by atoms with Crippen molar-refractivity contribution in [2.45, 2.75) is 0 Å². The van der Waals surface area contributed by atoms with Crippen LogP contribution in [0.4, 0.5) is 0 Å². The Morgan fingerprint density at radius 1 is 0.944 bits per heavy atom. The lowest BCUT2D eigenvalue weighted by Crippen LogP contribution is -1.89. The molecule has 0 saturated heterocycles. The van der Waals surface area contributed by atoms with Crippen molar-refractivity contribution in [2.24, 2.45) is 0 Å². The Morgan fingerprint density at radius 2 is 1.83 bits per heavy atom. The number of nitrogens with zero attached hydrogens (tertiary/aromatic N) is 2. The van der Waals surface area contributed by atoms with Crippen molar-refractivity contribution in [3.8, 4) is 11.6 Å². The van der Waals surface area contributed by atoms with Crippen molar-refractivity contribution in [1.82, 2.24) is 9.97 Å². The van der Waals surface area contributed by atoms with Gasteiger partial charge in [-0.3, -0.25) is 4.98 Å². The van der Waals surface area contributed by atoms with Crippen LogP contribution in [0.2, 0.25) is 0 Å². The quantitative estimate of drug-likeness (QED) is 0.666. The van der Waals surface area contributed by atoms with Crippen LogP contribution in [0, 0.1) is 0 Å². The molecule has 0 saturated carbocycles. The zero-order valence-electron chi connectivity index (χ0n) is 9.38. The summed E-state index contributed by atoms with van der Waals surface area (Å²) >= 11 is 3.32. The predicted molar refractivity (Wildman–Crippen MR) is 73.8 cm³/mol. The molecule has 88 valence electrons. The third kappa shape index (κ3) is 2.19. The zero-order chi connectivity index (χ0) is 12.4. The third-order valence-electron chi connectivity index (χ3n) is 2.51. The summed E-state index contributed by atoms with van der Waals surface area (Å²) in [5, 5.41) is 0.974. The zero-order valence-corrected chi connectivity index (χ0v) is 11.0. The first kappa shape index (κ1) is 11.2. The molecule has 2 aromatic heterocycles. The van der Waals surface area contributed by atoms with Gasteiger partial charge in [0.25, 0.3) is 0 Å². The fourth-order valence-electron chi connectivity index (χ4n) is 1.72. The second kappa shape index (κ2) is 4.74. The minimum absolute atomic E-state index is 0.556. The maximum atomic E-state index is 5.79. The minimum Gasteiger partial charge on any atom is -0.438 e. The van der Waals surface area contributed by atoms with Crippen molar-refractivity contribution in [3.63, 3.8) is 0 Å². The lowest BCUT2D eigenvalue weighted by molar-refractivity contribution is 0.467. The van der Waals surface area contributed by atoms with E-state index < -0.39 is 0 Å². The molecule has 3 rings (SSSR count). The number of halogens is 1. The Bertz CT molecular complexity index is 695. The summed E-state index contributed by atoms with van der Waals surface area (Å²) in [5.74, 6) is 1.31. The molecule has 2 heterocycles. The van der Waals surface area contributed by atoms with Crippen molar-refractivity contribution in [3.05, 3.63) is 59.3 Å². The summed E-state index contributed by atoms with van der Waals surface area (Å²) in [6.07, 6.45) is 1.77. The lowest BCUT2D eigenvalue weighted by atomic mass is 10.2. The van der Waals surface area contributed by atoms with E-state index in [0.29, 0.717) is 5.88 Å². The summed E-state index contributed by atoms with van der Waals surface area (Å²) in [7, 11) is 0. The van der Waals surface area contributed by atoms with Gasteiger partial charge in [-0.15, -0.1) is 0 Å². The second-order valence-corrected chi connectivity index (χ2v) is 4.54. The molecule has 0 aliphatic rings. The van der Waals surface area contributed by atoms with E-state index in [9.17, 15) is 0 Å². The van der Waals surface area contributed by atoms with E-state index in [2.05, 4.69) is 25.9 Å². The number of benzene rings is 1. The molecule has 3 aromatic rings. The van der Waals surface area contributed by atoms with Gasteiger partial charge in [-0.1, -0.05) is 12.1 Å². The van der Waals surface area contributed by atoms with E-state index in [1.807, 2.05) is 48.5 Å². The molecular weight excluding hydrogens is 292 g/mol. The number of hydrogen-bond acceptors (Lipinski definition) is 3. The maximum Gasteiger partial charge on any atom is 0.220 e. The van der Waals surface area contributed by atoms with Gasteiger partial charge in [0.05, 0.1) is 5.52 Å². The summed E-state index contributed by atoms with van der Waals surface area (Å²) in [6, 6.07) is 15.2. The molecule has 0 radical (unpaired) electrons. The van der Waals surface area contributed by atoms with Gasteiger partial charge in [0, 0.05) is 17.6 Å². The Kier molecular flexibility index (Phi) is 2.94. The maximum absolute atomic E-state index is 5.79. The largest absolute Gasteiger partial charge is 0.438 e. The van der Waals surface area contributed by atoms with Crippen molar-refractivity contribution in [1.29, 1.82) is 0 Å². The molecular formula is C14H9BrN2O. The Balaban J connectivity index is 2.05. The van der Waals surface area contributed by atoms with Crippen LogP contribution in [0.5, 0.6) is 11.6 Å². The van der Waals surface area contributed by atoms with Crippen molar-refractivity contribution < 1.29 is 4.74 Å². The van der Waals surface area contributed by atoms with Gasteiger partial charge in [-0.05, 0) is 46.3 Å². The van der Waals surface area contributed by atoms with Gasteiger partial charge in [-0.2, -0.15) is 0 Å². The van der Waals surface area contributed by atoms with Crippen molar-refractivity contribution >= 4 is 26.8 Å². The lowest BCUT2D eigenvalue weighted by Gasteiger charge is -2.07. The highest BCUT2D eigenvalue weighted by atomic mass is 79.9. The predicted octanol–water partition coefficient (Wildman–Crippen LogP) is 4.18. The molecule has 4 heteroatoms. The van der Waals surface area contributed by atoms with Gasteiger partial charge in [0.1, 0.15) is 10.4 Å². The van der Waals surface area contributed by atoms with Gasteiger partial charge >= 0.3 is 0 Å². The van der Waals surface area contributed by atoms with E-state index in [4.69, 9.17) is 4.74 Å². The molecule has 0 N–H and O–H groups in total. The molecule has 0 amide bonds. The van der Waals surface area contributed by atoms with Gasteiger partial charge in [0.15, 0.2) is 0 Å². The minimum atomic E-state index is 0.556. The van der Waals surface area contributed by atoms with Gasteiger partial charge < -0.3 is 4.74 Å². The number of pyridine rings is 2. The van der Waals surface area contributed by atoms with E-state index >= 15 is 0 Å². The number of fused-ring (bicyclic) bond motifs is 1. The monoisotopic (exact) mass is 300 g/mol. The standard InChI is InChI=1S/C14H9BrN2O/c15-13-7-2-8-14(17-13)18-12-6-1-5-11-10(12)4-3-9-16-11/h1-9H. The summed E-state index contributed by atoms with van der Waals surface area (Å²) in [4.78, 5) is 8.54. The van der Waals surface area contributed by atoms with Crippen LogP contribution in [-0.4, -0.2) is 9.97 Å². The van der Waals surface area contributed by atoms with E-state index in [1.54, 1.807) is 6.20 Å². The Morgan fingerprint density at radius 3 is 2.72 bits per heavy atom. The molecule has 0 spiro atoms. The van der Waals surface area contributed by atoms with Gasteiger partial charge in [0.2, 0.25) is 5.88 Å². The van der Waals surface area contributed by atoms with Crippen LogP contribution in [0.1, 0.15) is 0 Å². The Hall–Kier alpha value is -1.94. The molecule has 0 unspecified atom stereocenters. The van der Waals surface area contributed by atoms with Crippen LogP contribution in [-0.2, 0) is 0 Å². The number of hydrogen-bond donors (Lipinski definition) is 0. The summed E-state index contributed by atoms with van der Waals surface area (Å²) in [5.41, 5.74) is 0.907. The highest BCUT2D eigenvalue weighted by molar-refractivity contribution is 9.10. The fourth-order valence-corrected chi connectivity index (χ4v) is 2.05. The second-order valence-electron chi connectivity index (χ2n) is 3.73. The average Bonchev–Trinajstić information content (AvgIpc) is 2.39. The number of aromatic nitrogens is 2. The van der Waals surface area contributed by atoms with Crippen molar-refractivity contribution in [2.75, 3.05) is 0 Å². The third-order valence-corrected chi connectivity index (χ3v) is 2.95. The smallest absolute Gasteiger partial charge is 0.220 e. The highest BCUT2D eigenvalue weighted by Crippen LogP contribution is 2.28. The molecule has 0 atom stereocenters. The van der Waals surface area contributed by atoms with Crippen LogP contribution < -0.4 is 4.74 Å². The number of rotatable bonds is 2. The molecule has 1 aromatic carbocycles. The molecule has 18 heavy (non-hydrogen) atoms. The summed E-state index contributed by atoms with van der Waals surface area (Å²) < 4.78 is 6.54. The molecule has 3 nitrogen and oxygen atoms in total. The Labute approximate surface area is 113 Å². The molecule has 0 bridgehead atoms. The van der Waals surface area contributed by atoms with Crippen LogP contribution in [0.15, 0.2) is 59.3 Å². The molecule has 0 aliphatic carbocycles. The number of ether oxygens (including phenoxy) is 1. The van der Waals surface area contributed by atoms with E-state index in [1.165, 1.54) is 0 Å². The van der Waals surface area contributed by atoms with Crippen LogP contribution in [0.3, 0.4) is 0 Å². The van der Waals surface area contributed by atoms with E-state index in [0.717, 1.165) is 21.3 Å². The first-order valence-corrected chi connectivity index (χ1v) is 6.26. The highest BCUT2D eigenvalue weighted by Gasteiger charge is 2.04. The fraction of sp³-hybridized carbons (Fsp3) is 0. The average molecular weight is 301 g/mol. The first-order valence-electron chi connectivity index (χ1n) is 5.47.